The Labute approximate surface area is 171 Å². The Morgan fingerprint density at radius 2 is 1.76 bits per heavy atom. The summed E-state index contributed by atoms with van der Waals surface area (Å²) in [6, 6.07) is 17.5. The molecule has 1 aromatic heterocycles. The first-order valence-corrected chi connectivity index (χ1v) is 9.92. The van der Waals surface area contributed by atoms with Gasteiger partial charge < -0.3 is 14.0 Å². The third-order valence-electron chi connectivity index (χ3n) is 4.87. The topological polar surface area (TPSA) is 61.6 Å². The van der Waals surface area contributed by atoms with Crippen LogP contribution in [0, 0.1) is 6.92 Å². The molecular weight excluding hydrogens is 366 g/mol. The first-order chi connectivity index (χ1) is 14.0. The van der Waals surface area contributed by atoms with Gasteiger partial charge in [-0.1, -0.05) is 41.9 Å². The zero-order chi connectivity index (χ0) is 20.7. The lowest BCUT2D eigenvalue weighted by molar-refractivity contribution is -0.120. The van der Waals surface area contributed by atoms with E-state index in [1.807, 2.05) is 49.4 Å². The van der Waals surface area contributed by atoms with Gasteiger partial charge in [-0.3, -0.25) is 4.79 Å². The number of aromatic nitrogens is 1. The average molecular weight is 393 g/mol. The Kier molecular flexibility index (Phi) is 6.70. The Morgan fingerprint density at radius 1 is 1.07 bits per heavy atom. The van der Waals surface area contributed by atoms with E-state index in [9.17, 15) is 4.79 Å². The van der Waals surface area contributed by atoms with Crippen LogP contribution in [0.1, 0.15) is 38.0 Å². The molecule has 1 atom stereocenters. The van der Waals surface area contributed by atoms with Gasteiger partial charge in [0.05, 0.1) is 6.61 Å². The quantitative estimate of drug-likeness (QED) is 0.340. The Hall–Kier alpha value is -3.08. The first kappa shape index (κ1) is 20.6. The third-order valence-corrected chi connectivity index (χ3v) is 4.87. The number of carbonyl (C=O) groups excluding carboxylic acids is 1. The summed E-state index contributed by atoms with van der Waals surface area (Å²) in [6.07, 6.45) is 3.03. The van der Waals surface area contributed by atoms with E-state index in [0.717, 1.165) is 41.9 Å². The van der Waals surface area contributed by atoms with E-state index in [-0.39, 0.29) is 0 Å². The van der Waals surface area contributed by atoms with E-state index in [2.05, 4.69) is 24.2 Å². The number of aryl methyl sites for hydroxylation is 2. The lowest BCUT2D eigenvalue weighted by atomic mass is 10.1. The number of ether oxygens (including phenoxy) is 2. The number of nitrogens with zero attached hydrogens (tertiary/aromatic N) is 1. The van der Waals surface area contributed by atoms with Crippen molar-refractivity contribution in [1.82, 2.24) is 5.16 Å². The molecule has 5 heteroatoms. The number of hydrogen-bond donors (Lipinski definition) is 0. The van der Waals surface area contributed by atoms with Gasteiger partial charge in [0.2, 0.25) is 0 Å². The van der Waals surface area contributed by atoms with Crippen LogP contribution in [0.25, 0.3) is 11.3 Å². The average Bonchev–Trinajstić information content (AvgIpc) is 3.22. The molecule has 0 radical (unpaired) electrons. The maximum atomic E-state index is 11.2. The molecule has 3 aromatic rings. The summed E-state index contributed by atoms with van der Waals surface area (Å²) in [6.45, 7) is 6.33. The van der Waals surface area contributed by atoms with Crippen LogP contribution >= 0.6 is 0 Å². The second kappa shape index (κ2) is 9.41. The zero-order valence-electron chi connectivity index (χ0n) is 17.2. The molecule has 0 aliphatic rings. The summed E-state index contributed by atoms with van der Waals surface area (Å²) in [5, 5.41) is 4.15. The summed E-state index contributed by atoms with van der Waals surface area (Å²) in [4.78, 5) is 11.2. The molecule has 0 saturated heterocycles. The van der Waals surface area contributed by atoms with Crippen molar-refractivity contribution in [2.45, 2.75) is 45.6 Å². The van der Waals surface area contributed by atoms with E-state index in [0.29, 0.717) is 18.8 Å². The minimum Gasteiger partial charge on any atom is -0.494 e. The smallest absolute Gasteiger partial charge is 0.163 e. The van der Waals surface area contributed by atoms with Crippen molar-refractivity contribution >= 4 is 6.29 Å². The van der Waals surface area contributed by atoms with Crippen molar-refractivity contribution in [2.75, 3.05) is 6.61 Å². The molecule has 0 fully saturated rings. The number of hydrogen-bond acceptors (Lipinski definition) is 5. The lowest BCUT2D eigenvalue weighted by Gasteiger charge is -2.23. The van der Waals surface area contributed by atoms with Crippen LogP contribution in [0.4, 0.5) is 0 Å². The van der Waals surface area contributed by atoms with Crippen LogP contribution in [0.3, 0.4) is 0 Å². The fourth-order valence-corrected chi connectivity index (χ4v) is 2.78. The SMILES string of the molecule is CCC(C)(C=O)Oc1ccc(OCCCc2cc(-c3ccc(C)cc3)no2)cc1. The van der Waals surface area contributed by atoms with Gasteiger partial charge in [0, 0.05) is 18.1 Å². The highest BCUT2D eigenvalue weighted by Gasteiger charge is 2.22. The van der Waals surface area contributed by atoms with Crippen LogP contribution in [-0.2, 0) is 11.2 Å². The van der Waals surface area contributed by atoms with Crippen LogP contribution in [0.5, 0.6) is 11.5 Å². The maximum absolute atomic E-state index is 11.2. The summed E-state index contributed by atoms with van der Waals surface area (Å²) >= 11 is 0. The van der Waals surface area contributed by atoms with Crippen molar-refractivity contribution in [3.05, 3.63) is 65.9 Å². The highest BCUT2D eigenvalue weighted by Crippen LogP contribution is 2.23. The van der Waals surface area contributed by atoms with E-state index in [1.165, 1.54) is 5.56 Å². The minimum atomic E-state index is -0.795. The van der Waals surface area contributed by atoms with Gasteiger partial charge in [0.1, 0.15) is 23.0 Å². The molecule has 29 heavy (non-hydrogen) atoms. The second-order valence-electron chi connectivity index (χ2n) is 7.35. The van der Waals surface area contributed by atoms with E-state index in [4.69, 9.17) is 14.0 Å². The molecule has 0 aliphatic heterocycles. The predicted octanol–water partition coefficient (Wildman–Crippen LogP) is 5.41. The van der Waals surface area contributed by atoms with Crippen molar-refractivity contribution in [1.29, 1.82) is 0 Å². The number of benzene rings is 2. The van der Waals surface area contributed by atoms with Gasteiger partial charge >= 0.3 is 0 Å². The molecule has 0 N–H and O–H groups in total. The molecule has 152 valence electrons. The predicted molar refractivity (Wildman–Crippen MR) is 112 cm³/mol. The zero-order valence-corrected chi connectivity index (χ0v) is 17.2. The van der Waals surface area contributed by atoms with E-state index < -0.39 is 5.60 Å². The number of carbonyl (C=O) groups is 1. The summed E-state index contributed by atoms with van der Waals surface area (Å²) in [7, 11) is 0. The van der Waals surface area contributed by atoms with Crippen molar-refractivity contribution in [3.63, 3.8) is 0 Å². The molecule has 0 spiro atoms. The Morgan fingerprint density at radius 3 is 2.41 bits per heavy atom. The van der Waals surface area contributed by atoms with Crippen molar-refractivity contribution in [2.24, 2.45) is 0 Å². The Balaban J connectivity index is 1.45. The molecule has 0 saturated carbocycles. The third kappa shape index (κ3) is 5.70. The minimum absolute atomic E-state index is 0.571. The van der Waals surface area contributed by atoms with Crippen LogP contribution in [0.15, 0.2) is 59.1 Å². The van der Waals surface area contributed by atoms with Crippen LogP contribution in [-0.4, -0.2) is 23.7 Å². The molecule has 1 unspecified atom stereocenters. The van der Waals surface area contributed by atoms with Crippen LogP contribution in [0.2, 0.25) is 0 Å². The molecule has 0 amide bonds. The highest BCUT2D eigenvalue weighted by atomic mass is 16.5. The standard InChI is InChI=1S/C24H27NO4/c1-4-24(3,17-26)28-21-13-11-20(12-14-21)27-15-5-6-22-16-23(25-29-22)19-9-7-18(2)8-10-19/h7-14,16-17H,4-6,15H2,1-3H3. The maximum Gasteiger partial charge on any atom is 0.163 e. The molecule has 5 nitrogen and oxygen atoms in total. The molecule has 0 bridgehead atoms. The fourth-order valence-electron chi connectivity index (χ4n) is 2.78. The van der Waals surface area contributed by atoms with Gasteiger partial charge in [-0.05, 0) is 51.0 Å². The largest absolute Gasteiger partial charge is 0.494 e. The molecule has 3 rings (SSSR count). The van der Waals surface area contributed by atoms with Gasteiger partial charge in [0.25, 0.3) is 0 Å². The van der Waals surface area contributed by atoms with E-state index >= 15 is 0 Å². The van der Waals surface area contributed by atoms with Crippen LogP contribution < -0.4 is 9.47 Å². The summed E-state index contributed by atoms with van der Waals surface area (Å²) in [5.41, 5.74) is 2.33. The monoisotopic (exact) mass is 393 g/mol. The first-order valence-electron chi connectivity index (χ1n) is 9.92. The van der Waals surface area contributed by atoms with Crippen molar-refractivity contribution in [3.8, 4) is 22.8 Å². The van der Waals surface area contributed by atoms with Gasteiger partial charge in [-0.25, -0.2) is 0 Å². The number of rotatable bonds is 10. The fraction of sp³-hybridized carbons (Fsp3) is 0.333. The van der Waals surface area contributed by atoms with E-state index in [1.54, 1.807) is 6.92 Å². The Bertz CT molecular complexity index is 915. The van der Waals surface area contributed by atoms with Gasteiger partial charge in [-0.15, -0.1) is 0 Å². The molecule has 2 aromatic carbocycles. The van der Waals surface area contributed by atoms with Gasteiger partial charge in [-0.2, -0.15) is 0 Å². The second-order valence-corrected chi connectivity index (χ2v) is 7.35. The van der Waals surface area contributed by atoms with Crippen molar-refractivity contribution < 1.29 is 18.8 Å². The summed E-state index contributed by atoms with van der Waals surface area (Å²) in [5.74, 6) is 2.26. The highest BCUT2D eigenvalue weighted by molar-refractivity contribution is 5.62. The van der Waals surface area contributed by atoms with Gasteiger partial charge in [0.15, 0.2) is 11.9 Å². The molecular formula is C24H27NO4. The number of aldehydes is 1. The lowest BCUT2D eigenvalue weighted by Crippen LogP contribution is -2.33. The summed E-state index contributed by atoms with van der Waals surface area (Å²) < 4.78 is 17.0. The molecule has 0 aliphatic carbocycles. The molecule has 1 heterocycles. The normalized spacial score (nSPS) is 12.9.